The molecule has 1 heterocycles. The predicted octanol–water partition coefficient (Wildman–Crippen LogP) is 2.53. The molecule has 19 heavy (non-hydrogen) atoms. The summed E-state index contributed by atoms with van der Waals surface area (Å²) < 4.78 is 10.0. The second-order valence-corrected chi connectivity index (χ2v) is 4.35. The van der Waals surface area contributed by atoms with Crippen molar-refractivity contribution in [3.05, 3.63) is 84.1 Å². The van der Waals surface area contributed by atoms with Crippen LogP contribution in [0.25, 0.3) is 0 Å². The molecule has 0 fully saturated rings. The molecule has 0 unspecified atom stereocenters. The van der Waals surface area contributed by atoms with Crippen molar-refractivity contribution in [2.45, 2.75) is 6.42 Å². The summed E-state index contributed by atoms with van der Waals surface area (Å²) in [7, 11) is 0. The van der Waals surface area contributed by atoms with Crippen LogP contribution in [0.5, 0.6) is 0 Å². The Labute approximate surface area is 112 Å². The van der Waals surface area contributed by atoms with Gasteiger partial charge >= 0.3 is 5.90 Å². The van der Waals surface area contributed by atoms with Gasteiger partial charge < -0.3 is 4.74 Å². The van der Waals surface area contributed by atoms with E-state index in [-0.39, 0.29) is 0 Å². The Bertz CT molecular complexity index is 665. The topological polar surface area (TPSA) is 23.3 Å². The zero-order valence-corrected chi connectivity index (χ0v) is 10.4. The van der Waals surface area contributed by atoms with Gasteiger partial charge in [-0.2, -0.15) is 0 Å². The molecule has 2 heteroatoms. The molecule has 0 bridgehead atoms. The van der Waals surface area contributed by atoms with Crippen LogP contribution >= 0.6 is 0 Å². The van der Waals surface area contributed by atoms with Crippen molar-refractivity contribution < 1.29 is 4.74 Å². The highest BCUT2D eigenvalue weighted by Gasteiger charge is 2.23. The average Bonchev–Trinajstić information content (AvgIpc) is 2.82. The summed E-state index contributed by atoms with van der Waals surface area (Å²) in [5.74, 6) is 1.01. The molecule has 0 saturated carbocycles. The maximum Gasteiger partial charge on any atom is 0.446 e. The Morgan fingerprint density at radius 2 is 1.53 bits per heavy atom. The van der Waals surface area contributed by atoms with Crippen molar-refractivity contribution >= 4 is 11.6 Å². The average molecular weight is 247 g/mol. The van der Waals surface area contributed by atoms with E-state index in [0.29, 0.717) is 23.8 Å². The summed E-state index contributed by atoms with van der Waals surface area (Å²) in [5, 5.41) is 0. The van der Waals surface area contributed by atoms with Crippen LogP contribution in [0.1, 0.15) is 11.1 Å². The number of ether oxygens (including phenoxy) is 1. The lowest BCUT2D eigenvalue weighted by molar-refractivity contribution is 0.446. The van der Waals surface area contributed by atoms with Crippen molar-refractivity contribution in [2.24, 2.45) is 0 Å². The third kappa shape index (κ3) is 2.49. The van der Waals surface area contributed by atoms with Gasteiger partial charge in [0.05, 0.1) is 0 Å². The molecule has 2 aromatic carbocycles. The molecule has 0 aliphatic carbocycles. The highest BCUT2D eigenvalue weighted by Crippen LogP contribution is 2.12. The maximum atomic E-state index is 5.90. The molecule has 92 valence electrons. The molecule has 2 aromatic rings. The van der Waals surface area contributed by atoms with Crippen molar-refractivity contribution in [3.63, 3.8) is 0 Å². The van der Waals surface area contributed by atoms with Crippen LogP contribution < -0.4 is 4.67 Å². The van der Waals surface area contributed by atoms with Crippen LogP contribution in [0, 0.1) is 6.58 Å². The second kappa shape index (κ2) is 4.97. The van der Waals surface area contributed by atoms with Gasteiger partial charge in [0.25, 0.3) is 0 Å². The molecule has 0 amide bonds. The Hall–Kier alpha value is -2.57. The quantitative estimate of drug-likeness (QED) is 0.604. The largest absolute Gasteiger partial charge is 0.446 e. The van der Waals surface area contributed by atoms with Gasteiger partial charge in [0, 0.05) is 5.76 Å². The minimum atomic E-state index is 0.372. The van der Waals surface area contributed by atoms with Crippen LogP contribution in [-0.2, 0) is 11.2 Å². The first-order chi connectivity index (χ1) is 9.33. The molecule has 1 aliphatic rings. The molecule has 3 rings (SSSR count). The highest BCUT2D eigenvalue weighted by atomic mass is 16.5. The summed E-state index contributed by atoms with van der Waals surface area (Å²) in [6.07, 6.45) is 0.651. The van der Waals surface area contributed by atoms with Crippen LogP contribution in [0.4, 0.5) is 0 Å². The van der Waals surface area contributed by atoms with E-state index >= 15 is 0 Å². The molecule has 0 radical (unpaired) electrons. The van der Waals surface area contributed by atoms with Gasteiger partial charge in [0.2, 0.25) is 5.71 Å². The van der Waals surface area contributed by atoms with Crippen LogP contribution in [0.2, 0.25) is 0 Å². The molecule has 0 N–H and O–H groups in total. The molecule has 1 aliphatic heterocycles. The summed E-state index contributed by atoms with van der Waals surface area (Å²) in [6, 6.07) is 19.9. The van der Waals surface area contributed by atoms with E-state index in [9.17, 15) is 0 Å². The zero-order chi connectivity index (χ0) is 13.1. The number of rotatable bonds is 3. The molecule has 0 aromatic heterocycles. The Morgan fingerprint density at radius 1 is 0.895 bits per heavy atom. The van der Waals surface area contributed by atoms with Gasteiger partial charge in [0.1, 0.15) is 6.42 Å². The van der Waals surface area contributed by atoms with E-state index in [1.807, 2.05) is 60.7 Å². The first kappa shape index (κ1) is 11.5. The van der Waals surface area contributed by atoms with E-state index < -0.39 is 0 Å². The van der Waals surface area contributed by atoms with Gasteiger partial charge in [-0.15, -0.1) is 4.67 Å². The molecule has 0 spiro atoms. The SMILES string of the molecule is [CH-]=C1OC(Cc2ccccc2)=[N+]=C1c1ccccc1. The van der Waals surface area contributed by atoms with Crippen LogP contribution in [0.3, 0.4) is 0 Å². The Morgan fingerprint density at radius 3 is 2.21 bits per heavy atom. The molecule has 2 nitrogen and oxygen atoms in total. The Balaban J connectivity index is 1.91. The molecular formula is C17H13NO. The standard InChI is InChI=1S/C17H13NO/c1-13-17(15-10-6-3-7-11-15)18-16(19-13)12-14-8-4-2-5-9-14/h1-11H,12H2. The van der Waals surface area contributed by atoms with Crippen LogP contribution in [0.15, 0.2) is 66.4 Å². The minimum absolute atomic E-state index is 0.372. The minimum Gasteiger partial charge on any atom is -0.430 e. The van der Waals surface area contributed by atoms with Gasteiger partial charge in [0.15, 0.2) is 0 Å². The fourth-order valence-electron chi connectivity index (χ4n) is 2.03. The number of hydrogen-bond acceptors (Lipinski definition) is 1. The van der Waals surface area contributed by atoms with Crippen molar-refractivity contribution in [3.8, 4) is 0 Å². The first-order valence-electron chi connectivity index (χ1n) is 6.17. The van der Waals surface area contributed by atoms with E-state index in [1.165, 1.54) is 0 Å². The lowest BCUT2D eigenvalue weighted by Crippen LogP contribution is -2.05. The first-order valence-corrected chi connectivity index (χ1v) is 6.17. The maximum absolute atomic E-state index is 5.90. The molecule has 0 saturated heterocycles. The fourth-order valence-corrected chi connectivity index (χ4v) is 2.03. The molecule has 0 atom stereocenters. The van der Waals surface area contributed by atoms with E-state index in [2.05, 4.69) is 4.67 Å². The van der Waals surface area contributed by atoms with Crippen molar-refractivity contribution in [1.82, 2.24) is 4.67 Å². The summed E-state index contributed by atoms with van der Waals surface area (Å²) >= 11 is 0. The van der Waals surface area contributed by atoms with E-state index in [1.54, 1.807) is 0 Å². The van der Waals surface area contributed by atoms with Crippen molar-refractivity contribution in [2.75, 3.05) is 0 Å². The number of nitrogens with zero attached hydrogens (tertiary/aromatic N) is 1. The number of benzene rings is 2. The van der Waals surface area contributed by atoms with Crippen LogP contribution in [-0.4, -0.2) is 11.6 Å². The summed E-state index contributed by atoms with van der Waals surface area (Å²) in [4.78, 5) is 0. The number of allylic oxidation sites excluding steroid dienone is 1. The third-order valence-electron chi connectivity index (χ3n) is 2.94. The van der Waals surface area contributed by atoms with Crippen molar-refractivity contribution in [1.29, 1.82) is 0 Å². The van der Waals surface area contributed by atoms with Gasteiger partial charge in [-0.1, -0.05) is 60.7 Å². The predicted molar refractivity (Wildman–Crippen MR) is 76.7 cm³/mol. The third-order valence-corrected chi connectivity index (χ3v) is 2.94. The van der Waals surface area contributed by atoms with Gasteiger partial charge in [-0.25, -0.2) is 6.58 Å². The summed E-state index contributed by atoms with van der Waals surface area (Å²) in [6.45, 7) is 5.90. The lowest BCUT2D eigenvalue weighted by atomic mass is 10.1. The highest BCUT2D eigenvalue weighted by molar-refractivity contribution is 6.15. The van der Waals surface area contributed by atoms with E-state index in [0.717, 1.165) is 11.1 Å². The van der Waals surface area contributed by atoms with Gasteiger partial charge in [-0.3, -0.25) is 0 Å². The monoisotopic (exact) mass is 247 g/mol. The lowest BCUT2D eigenvalue weighted by Gasteiger charge is -2.02. The summed E-state index contributed by atoms with van der Waals surface area (Å²) in [5.41, 5.74) is 2.85. The number of hydrogen-bond donors (Lipinski definition) is 0. The molecular weight excluding hydrogens is 234 g/mol. The second-order valence-electron chi connectivity index (χ2n) is 4.35. The smallest absolute Gasteiger partial charge is 0.430 e. The Kier molecular flexibility index (Phi) is 3.01. The van der Waals surface area contributed by atoms with E-state index in [4.69, 9.17) is 11.3 Å². The zero-order valence-electron chi connectivity index (χ0n) is 10.4. The fraction of sp³-hybridized carbons (Fsp3) is 0.0588. The van der Waals surface area contributed by atoms with Gasteiger partial charge in [-0.05, 0) is 11.1 Å². The normalized spacial score (nSPS) is 13.8.